The van der Waals surface area contributed by atoms with Crippen molar-refractivity contribution in [2.75, 3.05) is 0 Å². The molecule has 0 fully saturated rings. The molecule has 3 heteroatoms. The van der Waals surface area contributed by atoms with E-state index < -0.39 is 0 Å². The number of benzene rings is 1. The summed E-state index contributed by atoms with van der Waals surface area (Å²) in [4.78, 5) is 10.1. The van der Waals surface area contributed by atoms with E-state index in [-0.39, 0.29) is 0 Å². The number of allylic oxidation sites excluding steroid dienone is 5. The molecule has 0 radical (unpaired) electrons. The van der Waals surface area contributed by atoms with Gasteiger partial charge in [0.1, 0.15) is 0 Å². The maximum Gasteiger partial charge on any atom is 0.163 e. The lowest BCUT2D eigenvalue weighted by Gasteiger charge is -2.10. The van der Waals surface area contributed by atoms with Crippen LogP contribution in [-0.4, -0.2) is 6.21 Å². The standard InChI is InChI=1S/C15H10N2O/c1-3-7-13-10(5-1)12-9-16-18-14-8-4-2-6-11(14)15(12)17-13/h1-5,7-9H,6H2. The van der Waals surface area contributed by atoms with Crippen molar-refractivity contribution >= 4 is 11.8 Å². The first kappa shape index (κ1) is 9.59. The Morgan fingerprint density at radius 1 is 1.17 bits per heavy atom. The van der Waals surface area contributed by atoms with Crippen LogP contribution in [0.1, 0.15) is 6.42 Å². The fraction of sp³-hybridized carbons (Fsp3) is 0.0667. The number of hydrogen-bond acceptors (Lipinski definition) is 3. The van der Waals surface area contributed by atoms with Crippen molar-refractivity contribution in [1.29, 1.82) is 0 Å². The first-order valence-corrected chi connectivity index (χ1v) is 5.93. The van der Waals surface area contributed by atoms with Crippen LogP contribution >= 0.6 is 0 Å². The lowest BCUT2D eigenvalue weighted by molar-refractivity contribution is 0.237. The predicted molar refractivity (Wildman–Crippen MR) is 69.1 cm³/mol. The molecule has 0 unspecified atom stereocenters. The van der Waals surface area contributed by atoms with Crippen LogP contribution in [-0.2, 0) is 4.84 Å². The fourth-order valence-electron chi connectivity index (χ4n) is 2.45. The van der Waals surface area contributed by atoms with E-state index in [2.05, 4.69) is 17.3 Å². The highest BCUT2D eigenvalue weighted by atomic mass is 16.6. The average Bonchev–Trinajstić information content (AvgIpc) is 2.69. The Labute approximate surface area is 104 Å². The predicted octanol–water partition coefficient (Wildman–Crippen LogP) is 1.58. The number of fused-ring (bicyclic) bond motifs is 3. The Hall–Kier alpha value is -2.42. The first-order valence-electron chi connectivity index (χ1n) is 5.93. The summed E-state index contributed by atoms with van der Waals surface area (Å²) in [6.07, 6.45) is 8.63. The lowest BCUT2D eigenvalue weighted by Crippen LogP contribution is -2.22. The molecule has 2 heterocycles. The van der Waals surface area contributed by atoms with Crippen LogP contribution in [0.15, 0.2) is 69.7 Å². The minimum absolute atomic E-state index is 0.801. The highest BCUT2D eigenvalue weighted by Gasteiger charge is 2.22. The van der Waals surface area contributed by atoms with Gasteiger partial charge in [0, 0.05) is 16.4 Å². The number of para-hydroxylation sites is 1. The normalized spacial score (nSPS) is 19.3. The number of hydrogen-bond donors (Lipinski definition) is 0. The maximum atomic E-state index is 5.40. The molecule has 0 saturated carbocycles. The van der Waals surface area contributed by atoms with E-state index in [0.29, 0.717) is 0 Å². The molecule has 3 aliphatic rings. The van der Waals surface area contributed by atoms with Crippen LogP contribution in [0, 0.1) is 0 Å². The Morgan fingerprint density at radius 2 is 2.11 bits per heavy atom. The van der Waals surface area contributed by atoms with Crippen molar-refractivity contribution in [3.8, 4) is 0 Å². The molecule has 1 aliphatic carbocycles. The van der Waals surface area contributed by atoms with Gasteiger partial charge < -0.3 is 4.84 Å². The van der Waals surface area contributed by atoms with E-state index in [1.165, 1.54) is 0 Å². The van der Waals surface area contributed by atoms with Gasteiger partial charge in [0.15, 0.2) is 5.76 Å². The van der Waals surface area contributed by atoms with Gasteiger partial charge in [0.2, 0.25) is 0 Å². The fourth-order valence-corrected chi connectivity index (χ4v) is 2.45. The average molecular weight is 234 g/mol. The highest BCUT2D eigenvalue weighted by molar-refractivity contribution is 6.10. The second-order valence-electron chi connectivity index (χ2n) is 4.36. The van der Waals surface area contributed by atoms with Crippen molar-refractivity contribution in [1.82, 2.24) is 0 Å². The topological polar surface area (TPSA) is 34.0 Å². The lowest BCUT2D eigenvalue weighted by atomic mass is 10.00. The monoisotopic (exact) mass is 234 g/mol. The summed E-state index contributed by atoms with van der Waals surface area (Å²) in [7, 11) is 0. The van der Waals surface area contributed by atoms with Crippen LogP contribution in [0.25, 0.3) is 5.57 Å². The highest BCUT2D eigenvalue weighted by Crippen LogP contribution is 2.31. The molecule has 0 amide bonds. The molecule has 1 aromatic carbocycles. The molecule has 0 atom stereocenters. The summed E-state index contributed by atoms with van der Waals surface area (Å²) in [5, 5.41) is 6.17. The smallest absolute Gasteiger partial charge is 0.163 e. The van der Waals surface area contributed by atoms with E-state index in [4.69, 9.17) is 9.83 Å². The molecule has 18 heavy (non-hydrogen) atoms. The summed E-state index contributed by atoms with van der Waals surface area (Å²) in [6.45, 7) is 0. The largest absolute Gasteiger partial charge is 0.357 e. The molecule has 0 spiro atoms. The summed E-state index contributed by atoms with van der Waals surface area (Å²) in [5.74, 6) is 0.801. The van der Waals surface area contributed by atoms with Crippen LogP contribution in [0.4, 0.5) is 0 Å². The molecule has 3 nitrogen and oxygen atoms in total. The minimum Gasteiger partial charge on any atom is -0.357 e. The molecule has 0 N–H and O–H groups in total. The second-order valence-corrected chi connectivity index (χ2v) is 4.36. The zero-order chi connectivity index (χ0) is 11.9. The van der Waals surface area contributed by atoms with E-state index >= 15 is 0 Å². The maximum absolute atomic E-state index is 5.40. The van der Waals surface area contributed by atoms with Crippen LogP contribution in [0.3, 0.4) is 0 Å². The molecule has 2 aliphatic heterocycles. The van der Waals surface area contributed by atoms with E-state index in [1.54, 1.807) is 6.21 Å². The minimum atomic E-state index is 0.801. The zero-order valence-corrected chi connectivity index (χ0v) is 9.63. The van der Waals surface area contributed by atoms with Crippen LogP contribution in [0.5, 0.6) is 0 Å². The van der Waals surface area contributed by atoms with Crippen molar-refractivity contribution in [2.24, 2.45) is 10.1 Å². The first-order chi connectivity index (χ1) is 8.93. The van der Waals surface area contributed by atoms with Gasteiger partial charge in [-0.2, -0.15) is 0 Å². The van der Waals surface area contributed by atoms with Crippen LogP contribution in [0.2, 0.25) is 0 Å². The van der Waals surface area contributed by atoms with Gasteiger partial charge in [0.25, 0.3) is 0 Å². The molecule has 0 aromatic heterocycles. The van der Waals surface area contributed by atoms with Gasteiger partial charge in [-0.25, -0.2) is 4.99 Å². The van der Waals surface area contributed by atoms with Crippen molar-refractivity contribution in [2.45, 2.75) is 6.42 Å². The Bertz CT molecular complexity index is 779. The summed E-state index contributed by atoms with van der Waals surface area (Å²) < 4.78 is 0. The van der Waals surface area contributed by atoms with Gasteiger partial charge in [-0.05, 0) is 18.6 Å². The third-order valence-corrected chi connectivity index (χ3v) is 3.30. The third-order valence-electron chi connectivity index (χ3n) is 3.30. The van der Waals surface area contributed by atoms with Gasteiger partial charge in [-0.15, -0.1) is 0 Å². The summed E-state index contributed by atoms with van der Waals surface area (Å²) >= 11 is 0. The van der Waals surface area contributed by atoms with Gasteiger partial charge in [-0.3, -0.25) is 0 Å². The van der Waals surface area contributed by atoms with Gasteiger partial charge in [0.05, 0.1) is 17.3 Å². The molecular weight excluding hydrogens is 224 g/mol. The molecule has 0 saturated heterocycles. The Morgan fingerprint density at radius 3 is 3.11 bits per heavy atom. The number of nitrogens with zero attached hydrogens (tertiary/aromatic N) is 2. The van der Waals surface area contributed by atoms with Crippen molar-refractivity contribution < 1.29 is 4.84 Å². The number of oxime groups is 1. The molecule has 0 bridgehead atoms. The Balaban J connectivity index is 2.11. The Kier molecular flexibility index (Phi) is 1.88. The molecular formula is C15H10N2O. The van der Waals surface area contributed by atoms with E-state index in [1.807, 2.05) is 30.4 Å². The molecule has 1 aromatic rings. The van der Waals surface area contributed by atoms with E-state index in [9.17, 15) is 0 Å². The summed E-state index contributed by atoms with van der Waals surface area (Å²) in [5.41, 5.74) is 3.16. The molecule has 86 valence electrons. The van der Waals surface area contributed by atoms with Crippen molar-refractivity contribution in [3.05, 3.63) is 70.1 Å². The molecule has 4 rings (SSSR count). The van der Waals surface area contributed by atoms with E-state index in [0.717, 1.165) is 39.6 Å². The second kappa shape index (κ2) is 3.53. The van der Waals surface area contributed by atoms with Crippen molar-refractivity contribution in [3.63, 3.8) is 0 Å². The number of rotatable bonds is 0. The summed E-state index contributed by atoms with van der Waals surface area (Å²) in [6, 6.07) is 8.12. The SMILES string of the molecule is C1=CCC2=C3N=c4ccccc4=C3C=NOC2=C1. The van der Waals surface area contributed by atoms with Gasteiger partial charge in [-0.1, -0.05) is 35.5 Å². The third kappa shape index (κ3) is 1.24. The quantitative estimate of drug-likeness (QED) is 0.671. The van der Waals surface area contributed by atoms with Gasteiger partial charge >= 0.3 is 0 Å². The zero-order valence-electron chi connectivity index (χ0n) is 9.63. The van der Waals surface area contributed by atoms with Crippen LogP contribution < -0.4 is 10.6 Å².